The molecule has 1 aliphatic rings. The molecule has 1 N–H and O–H groups in total. The van der Waals surface area contributed by atoms with Crippen LogP contribution in [0.1, 0.15) is 84.0 Å². The van der Waals surface area contributed by atoms with Crippen LogP contribution in [0.5, 0.6) is 0 Å². The van der Waals surface area contributed by atoms with Crippen LogP contribution in [-0.4, -0.2) is 34.5 Å². The zero-order valence-corrected chi connectivity index (χ0v) is 13.5. The van der Waals surface area contributed by atoms with Crippen molar-refractivity contribution in [2.24, 2.45) is 0 Å². The number of hydrogen-bond acceptors (Lipinski definition) is 2. The predicted molar refractivity (Wildman–Crippen MR) is 84.2 cm³/mol. The fourth-order valence-electron chi connectivity index (χ4n) is 3.04. The Hall–Kier alpha value is -1.06. The fraction of sp³-hybridized carbons (Fsp3) is 0.882. The molecule has 1 rings (SSSR count). The number of carbonyl (C=O) groups is 2. The summed E-state index contributed by atoms with van der Waals surface area (Å²) in [6.45, 7) is 2.85. The first-order chi connectivity index (χ1) is 10.2. The van der Waals surface area contributed by atoms with Crippen LogP contribution < -0.4 is 0 Å². The maximum Gasteiger partial charge on any atom is 0.326 e. The van der Waals surface area contributed by atoms with Crippen molar-refractivity contribution in [3.05, 3.63) is 0 Å². The van der Waals surface area contributed by atoms with Crippen LogP contribution in [0.3, 0.4) is 0 Å². The third-order valence-electron chi connectivity index (χ3n) is 4.37. The zero-order valence-electron chi connectivity index (χ0n) is 13.5. The van der Waals surface area contributed by atoms with Gasteiger partial charge in [0, 0.05) is 13.0 Å². The molecule has 1 amide bonds. The predicted octanol–water partition coefficient (Wildman–Crippen LogP) is 3.98. The van der Waals surface area contributed by atoms with E-state index >= 15 is 0 Å². The summed E-state index contributed by atoms with van der Waals surface area (Å²) in [7, 11) is 0. The van der Waals surface area contributed by atoms with Crippen molar-refractivity contribution in [2.45, 2.75) is 90.0 Å². The molecule has 0 saturated carbocycles. The molecule has 0 aromatic heterocycles. The van der Waals surface area contributed by atoms with Crippen LogP contribution in [0.4, 0.5) is 0 Å². The highest BCUT2D eigenvalue weighted by molar-refractivity contribution is 5.87. The van der Waals surface area contributed by atoms with E-state index < -0.39 is 12.0 Å². The molecule has 21 heavy (non-hydrogen) atoms. The Bertz CT molecular complexity index is 317. The lowest BCUT2D eigenvalue weighted by Gasteiger charge is -2.21. The molecular weight excluding hydrogens is 266 g/mol. The second-order valence-electron chi connectivity index (χ2n) is 6.16. The van der Waals surface area contributed by atoms with E-state index in [0.29, 0.717) is 19.4 Å². The molecule has 0 radical (unpaired) electrons. The first kappa shape index (κ1) is 18.0. The largest absolute Gasteiger partial charge is 0.480 e. The van der Waals surface area contributed by atoms with Crippen molar-refractivity contribution >= 4 is 11.9 Å². The maximum atomic E-state index is 11.6. The van der Waals surface area contributed by atoms with Gasteiger partial charge in [0.2, 0.25) is 5.91 Å². The topological polar surface area (TPSA) is 57.6 Å². The smallest absolute Gasteiger partial charge is 0.326 e. The number of hydrogen-bond donors (Lipinski definition) is 1. The van der Waals surface area contributed by atoms with Gasteiger partial charge in [-0.15, -0.1) is 0 Å². The van der Waals surface area contributed by atoms with Crippen molar-refractivity contribution < 1.29 is 14.7 Å². The maximum absolute atomic E-state index is 11.6. The second-order valence-corrected chi connectivity index (χ2v) is 6.16. The third kappa shape index (κ3) is 6.96. The van der Waals surface area contributed by atoms with E-state index in [0.717, 1.165) is 12.8 Å². The minimum Gasteiger partial charge on any atom is -0.480 e. The molecule has 1 atom stereocenters. The Morgan fingerprint density at radius 3 is 2.10 bits per heavy atom. The minimum atomic E-state index is -0.854. The lowest BCUT2D eigenvalue weighted by Crippen LogP contribution is -2.39. The van der Waals surface area contributed by atoms with Gasteiger partial charge in [-0.3, -0.25) is 4.79 Å². The summed E-state index contributed by atoms with van der Waals surface area (Å²) in [6, 6.07) is -0.573. The molecule has 0 spiro atoms. The number of carboxylic acid groups (broad SMARTS) is 1. The summed E-state index contributed by atoms with van der Waals surface area (Å²) >= 11 is 0. The van der Waals surface area contributed by atoms with Crippen LogP contribution in [0.2, 0.25) is 0 Å². The lowest BCUT2D eigenvalue weighted by atomic mass is 10.1. The van der Waals surface area contributed by atoms with Gasteiger partial charge in [-0.1, -0.05) is 64.7 Å². The molecule has 1 heterocycles. The number of nitrogens with zero attached hydrogens (tertiary/aromatic N) is 1. The van der Waals surface area contributed by atoms with Crippen LogP contribution in [0, 0.1) is 0 Å². The molecule has 122 valence electrons. The Kier molecular flexibility index (Phi) is 9.11. The van der Waals surface area contributed by atoms with Gasteiger partial charge in [0.1, 0.15) is 6.04 Å². The highest BCUT2D eigenvalue weighted by Crippen LogP contribution is 2.20. The zero-order chi connectivity index (χ0) is 15.5. The summed E-state index contributed by atoms with van der Waals surface area (Å²) in [4.78, 5) is 24.3. The molecule has 0 bridgehead atoms. The number of amides is 1. The standard InChI is InChI=1S/C17H31NO3/c1-2-3-4-5-6-7-8-9-10-11-14-18-15(17(20)21)12-13-16(18)19/h15H,2-14H2,1H3,(H,20,21). The van der Waals surface area contributed by atoms with E-state index in [1.54, 1.807) is 4.90 Å². The number of rotatable bonds is 12. The monoisotopic (exact) mass is 297 g/mol. The molecule has 1 unspecified atom stereocenters. The van der Waals surface area contributed by atoms with Crippen LogP contribution in [0.15, 0.2) is 0 Å². The van der Waals surface area contributed by atoms with Gasteiger partial charge in [-0.25, -0.2) is 4.79 Å². The molecule has 0 aromatic rings. The quantitative estimate of drug-likeness (QED) is 0.554. The molecule has 1 fully saturated rings. The van der Waals surface area contributed by atoms with Crippen molar-refractivity contribution in [2.75, 3.05) is 6.54 Å². The minimum absolute atomic E-state index is 0.0123. The number of likely N-dealkylation sites (tertiary alicyclic amines) is 1. The van der Waals surface area contributed by atoms with Crippen LogP contribution in [-0.2, 0) is 9.59 Å². The molecule has 0 aliphatic carbocycles. The molecule has 4 heteroatoms. The lowest BCUT2D eigenvalue weighted by molar-refractivity contribution is -0.146. The molecule has 4 nitrogen and oxygen atoms in total. The second kappa shape index (κ2) is 10.6. The van der Waals surface area contributed by atoms with Crippen molar-refractivity contribution in [3.8, 4) is 0 Å². The first-order valence-electron chi connectivity index (χ1n) is 8.69. The molecular formula is C17H31NO3. The Morgan fingerprint density at radius 1 is 1.05 bits per heavy atom. The summed E-state index contributed by atoms with van der Waals surface area (Å²) in [5.74, 6) is -0.841. The average molecular weight is 297 g/mol. The molecule has 0 aromatic carbocycles. The Balaban J connectivity index is 1.98. The summed E-state index contributed by atoms with van der Waals surface area (Å²) in [5.41, 5.74) is 0. The number of unbranched alkanes of at least 4 members (excludes halogenated alkanes) is 9. The first-order valence-corrected chi connectivity index (χ1v) is 8.69. The van der Waals surface area contributed by atoms with Gasteiger partial charge in [0.15, 0.2) is 0 Å². The van der Waals surface area contributed by atoms with Gasteiger partial charge >= 0.3 is 5.97 Å². The molecule has 1 aliphatic heterocycles. The van der Waals surface area contributed by atoms with Gasteiger partial charge in [0.25, 0.3) is 0 Å². The number of carboxylic acids is 1. The van der Waals surface area contributed by atoms with Gasteiger partial charge < -0.3 is 10.0 Å². The summed E-state index contributed by atoms with van der Waals surface area (Å²) in [6.07, 6.45) is 13.4. The fourth-order valence-corrected chi connectivity index (χ4v) is 3.04. The third-order valence-corrected chi connectivity index (χ3v) is 4.37. The van der Waals surface area contributed by atoms with E-state index in [-0.39, 0.29) is 5.91 Å². The Morgan fingerprint density at radius 2 is 1.57 bits per heavy atom. The summed E-state index contributed by atoms with van der Waals surface area (Å²) < 4.78 is 0. The van der Waals surface area contributed by atoms with E-state index in [9.17, 15) is 9.59 Å². The average Bonchev–Trinajstić information content (AvgIpc) is 2.82. The van der Waals surface area contributed by atoms with Crippen molar-refractivity contribution in [3.63, 3.8) is 0 Å². The van der Waals surface area contributed by atoms with Crippen molar-refractivity contribution in [1.29, 1.82) is 0 Å². The van der Waals surface area contributed by atoms with Crippen LogP contribution in [0.25, 0.3) is 0 Å². The number of aliphatic carboxylic acids is 1. The normalized spacial score (nSPS) is 18.4. The van der Waals surface area contributed by atoms with E-state index in [1.165, 1.54) is 51.4 Å². The van der Waals surface area contributed by atoms with E-state index in [2.05, 4.69) is 6.92 Å². The van der Waals surface area contributed by atoms with E-state index in [4.69, 9.17) is 5.11 Å². The highest BCUT2D eigenvalue weighted by atomic mass is 16.4. The highest BCUT2D eigenvalue weighted by Gasteiger charge is 2.35. The van der Waals surface area contributed by atoms with Gasteiger partial charge in [0.05, 0.1) is 0 Å². The number of carbonyl (C=O) groups excluding carboxylic acids is 1. The Labute approximate surface area is 128 Å². The van der Waals surface area contributed by atoms with Gasteiger partial charge in [-0.2, -0.15) is 0 Å². The van der Waals surface area contributed by atoms with Crippen LogP contribution >= 0.6 is 0 Å². The SMILES string of the molecule is CCCCCCCCCCCCN1C(=O)CCC1C(=O)O. The van der Waals surface area contributed by atoms with Gasteiger partial charge in [-0.05, 0) is 12.8 Å². The van der Waals surface area contributed by atoms with Crippen molar-refractivity contribution in [1.82, 2.24) is 4.90 Å². The summed E-state index contributed by atoms with van der Waals surface area (Å²) in [5, 5.41) is 9.07. The molecule has 1 saturated heterocycles. The van der Waals surface area contributed by atoms with E-state index in [1.807, 2.05) is 0 Å².